The van der Waals surface area contributed by atoms with E-state index < -0.39 is 24.2 Å². The van der Waals surface area contributed by atoms with E-state index in [-0.39, 0.29) is 22.2 Å². The second kappa shape index (κ2) is 5.34. The summed E-state index contributed by atoms with van der Waals surface area (Å²) in [5, 5.41) is 2.93. The zero-order valence-corrected chi connectivity index (χ0v) is 11.1. The number of rotatable bonds is 3. The van der Waals surface area contributed by atoms with Gasteiger partial charge in [0.2, 0.25) is 0 Å². The summed E-state index contributed by atoms with van der Waals surface area (Å²) in [6.07, 6.45) is -4.69. The number of nitrogens with one attached hydrogen (secondary N) is 1. The molecule has 0 aliphatic rings. The fraction of sp³-hybridized carbons (Fsp3) is 0.308. The van der Waals surface area contributed by atoms with Gasteiger partial charge in [-0.15, -0.1) is 0 Å². The fourth-order valence-corrected chi connectivity index (χ4v) is 2.14. The molecule has 0 radical (unpaired) electrons. The maximum atomic E-state index is 13.0. The van der Waals surface area contributed by atoms with Crippen LogP contribution in [0.15, 0.2) is 18.2 Å². The Morgan fingerprint density at radius 3 is 2.43 bits per heavy atom. The molecule has 0 spiro atoms. The van der Waals surface area contributed by atoms with Crippen LogP contribution in [0.5, 0.6) is 5.75 Å². The van der Waals surface area contributed by atoms with Crippen LogP contribution in [0.4, 0.5) is 27.6 Å². The van der Waals surface area contributed by atoms with Gasteiger partial charge in [0.15, 0.2) is 5.75 Å². The molecule has 0 bridgehead atoms. The van der Waals surface area contributed by atoms with Gasteiger partial charge in [-0.3, -0.25) is 0 Å². The Morgan fingerprint density at radius 2 is 1.90 bits per heavy atom. The minimum Gasteiger partial charge on any atom is -0.432 e. The zero-order valence-electron chi connectivity index (χ0n) is 11.1. The Labute approximate surface area is 116 Å². The number of anilines is 1. The standard InChI is InChI=1S/C13H11F5N2O/c1-6-9(19-2)7-4-3-5-8(21-12(14)15)10(7)20-11(6)13(16,17)18/h3-5,12H,1-2H3,(H,19,20). The first-order valence-corrected chi connectivity index (χ1v) is 5.88. The minimum atomic E-state index is -4.69. The normalized spacial score (nSPS) is 12.0. The molecule has 0 amide bonds. The van der Waals surface area contributed by atoms with E-state index in [4.69, 9.17) is 0 Å². The number of fused-ring (bicyclic) bond motifs is 1. The third kappa shape index (κ3) is 2.84. The van der Waals surface area contributed by atoms with E-state index in [0.29, 0.717) is 0 Å². The summed E-state index contributed by atoms with van der Waals surface area (Å²) in [7, 11) is 1.45. The lowest BCUT2D eigenvalue weighted by Gasteiger charge is -2.17. The number of para-hydroxylation sites is 1. The van der Waals surface area contributed by atoms with E-state index in [0.717, 1.165) is 6.07 Å². The molecule has 0 saturated carbocycles. The Morgan fingerprint density at radius 1 is 1.24 bits per heavy atom. The average molecular weight is 306 g/mol. The molecule has 0 fully saturated rings. The Kier molecular flexibility index (Phi) is 3.89. The van der Waals surface area contributed by atoms with Crippen molar-refractivity contribution in [2.45, 2.75) is 19.7 Å². The molecule has 0 aliphatic carbocycles. The molecule has 21 heavy (non-hydrogen) atoms. The fourth-order valence-electron chi connectivity index (χ4n) is 2.14. The van der Waals surface area contributed by atoms with Crippen molar-refractivity contribution in [2.75, 3.05) is 12.4 Å². The van der Waals surface area contributed by atoms with Crippen LogP contribution in [0, 0.1) is 6.92 Å². The van der Waals surface area contributed by atoms with Crippen molar-refractivity contribution in [1.82, 2.24) is 4.98 Å². The topological polar surface area (TPSA) is 34.2 Å². The average Bonchev–Trinajstić information content (AvgIpc) is 2.36. The number of aromatic nitrogens is 1. The van der Waals surface area contributed by atoms with Crippen LogP contribution in [-0.2, 0) is 6.18 Å². The molecular formula is C13H11F5N2O. The van der Waals surface area contributed by atoms with Crippen LogP contribution in [0.3, 0.4) is 0 Å². The zero-order chi connectivity index (χ0) is 15.8. The van der Waals surface area contributed by atoms with Crippen LogP contribution < -0.4 is 10.1 Å². The number of pyridine rings is 1. The number of benzene rings is 1. The van der Waals surface area contributed by atoms with Crippen LogP contribution in [0.2, 0.25) is 0 Å². The molecule has 2 aromatic rings. The summed E-state index contributed by atoms with van der Waals surface area (Å²) < 4.78 is 68.0. The van der Waals surface area contributed by atoms with E-state index in [2.05, 4.69) is 15.0 Å². The van der Waals surface area contributed by atoms with E-state index in [1.165, 1.54) is 26.1 Å². The molecule has 1 N–H and O–H groups in total. The molecule has 3 nitrogen and oxygen atoms in total. The number of ether oxygens (including phenoxy) is 1. The third-order valence-electron chi connectivity index (χ3n) is 2.96. The van der Waals surface area contributed by atoms with E-state index >= 15 is 0 Å². The number of alkyl halides is 5. The lowest BCUT2D eigenvalue weighted by Crippen LogP contribution is -2.13. The first kappa shape index (κ1) is 15.3. The maximum absolute atomic E-state index is 13.0. The van der Waals surface area contributed by atoms with Gasteiger partial charge in [-0.1, -0.05) is 12.1 Å². The molecule has 0 atom stereocenters. The van der Waals surface area contributed by atoms with Gasteiger partial charge in [0, 0.05) is 23.7 Å². The van der Waals surface area contributed by atoms with Crippen molar-refractivity contribution >= 4 is 16.6 Å². The summed E-state index contributed by atoms with van der Waals surface area (Å²) in [6, 6.07) is 4.05. The molecule has 8 heteroatoms. The van der Waals surface area contributed by atoms with Gasteiger partial charge in [-0.05, 0) is 13.0 Å². The van der Waals surface area contributed by atoms with Gasteiger partial charge < -0.3 is 10.1 Å². The Hall–Kier alpha value is -2.12. The first-order valence-electron chi connectivity index (χ1n) is 5.88. The van der Waals surface area contributed by atoms with Crippen molar-refractivity contribution in [1.29, 1.82) is 0 Å². The highest BCUT2D eigenvalue weighted by Gasteiger charge is 2.36. The Bertz CT molecular complexity index is 670. The van der Waals surface area contributed by atoms with Gasteiger partial charge in [0.25, 0.3) is 0 Å². The number of hydrogen-bond acceptors (Lipinski definition) is 3. The SMILES string of the molecule is CNc1c(C)c(C(F)(F)F)nc2c(OC(F)F)cccc12. The second-order valence-electron chi connectivity index (χ2n) is 4.24. The molecule has 0 aliphatic heterocycles. The van der Waals surface area contributed by atoms with Gasteiger partial charge in [-0.25, -0.2) is 4.98 Å². The van der Waals surface area contributed by atoms with Crippen molar-refractivity contribution in [3.05, 3.63) is 29.5 Å². The van der Waals surface area contributed by atoms with Crippen LogP contribution in [0.25, 0.3) is 10.9 Å². The van der Waals surface area contributed by atoms with Crippen molar-refractivity contribution < 1.29 is 26.7 Å². The highest BCUT2D eigenvalue weighted by Crippen LogP contribution is 2.39. The lowest BCUT2D eigenvalue weighted by atomic mass is 10.1. The van der Waals surface area contributed by atoms with Gasteiger partial charge in [0.1, 0.15) is 11.2 Å². The highest BCUT2D eigenvalue weighted by molar-refractivity contribution is 5.96. The number of halogens is 5. The molecule has 1 aromatic carbocycles. The van der Waals surface area contributed by atoms with Crippen LogP contribution in [-0.4, -0.2) is 18.6 Å². The van der Waals surface area contributed by atoms with Gasteiger partial charge in [0.05, 0.1) is 0 Å². The molecule has 1 heterocycles. The third-order valence-corrected chi connectivity index (χ3v) is 2.96. The van der Waals surface area contributed by atoms with E-state index in [1.54, 1.807) is 0 Å². The monoisotopic (exact) mass is 306 g/mol. The predicted molar refractivity (Wildman–Crippen MR) is 67.7 cm³/mol. The molecule has 2 rings (SSSR count). The summed E-state index contributed by atoms with van der Waals surface area (Å²) in [5.41, 5.74) is -1.33. The molecular weight excluding hydrogens is 295 g/mol. The van der Waals surface area contributed by atoms with Gasteiger partial charge in [-0.2, -0.15) is 22.0 Å². The summed E-state index contributed by atoms with van der Waals surface area (Å²) >= 11 is 0. The molecule has 114 valence electrons. The molecule has 0 unspecified atom stereocenters. The predicted octanol–water partition coefficient (Wildman–Crippen LogP) is 4.21. The quantitative estimate of drug-likeness (QED) is 0.863. The number of nitrogens with zero attached hydrogens (tertiary/aromatic N) is 1. The van der Waals surface area contributed by atoms with Crippen molar-refractivity contribution in [2.24, 2.45) is 0 Å². The lowest BCUT2D eigenvalue weighted by molar-refractivity contribution is -0.141. The molecule has 1 aromatic heterocycles. The molecule has 0 saturated heterocycles. The van der Waals surface area contributed by atoms with Crippen molar-refractivity contribution in [3.8, 4) is 5.75 Å². The first-order chi connectivity index (χ1) is 9.75. The van der Waals surface area contributed by atoms with E-state index in [9.17, 15) is 22.0 Å². The Balaban J connectivity index is 2.82. The summed E-state index contributed by atoms with van der Waals surface area (Å²) in [6.45, 7) is -1.88. The van der Waals surface area contributed by atoms with Crippen molar-refractivity contribution in [3.63, 3.8) is 0 Å². The summed E-state index contributed by atoms with van der Waals surface area (Å²) in [4.78, 5) is 3.48. The minimum absolute atomic E-state index is 0.105. The van der Waals surface area contributed by atoms with Crippen LogP contribution in [0.1, 0.15) is 11.3 Å². The maximum Gasteiger partial charge on any atom is 0.433 e. The smallest absolute Gasteiger partial charge is 0.432 e. The van der Waals surface area contributed by atoms with Crippen LogP contribution >= 0.6 is 0 Å². The second-order valence-corrected chi connectivity index (χ2v) is 4.24. The highest BCUT2D eigenvalue weighted by atomic mass is 19.4. The number of hydrogen-bond donors (Lipinski definition) is 1. The van der Waals surface area contributed by atoms with E-state index in [1.807, 2.05) is 0 Å². The van der Waals surface area contributed by atoms with Gasteiger partial charge >= 0.3 is 12.8 Å². The summed E-state index contributed by atoms with van der Waals surface area (Å²) in [5.74, 6) is -0.399. The largest absolute Gasteiger partial charge is 0.433 e.